The lowest BCUT2D eigenvalue weighted by Gasteiger charge is -2.05. The lowest BCUT2D eigenvalue weighted by atomic mass is 10.1. The maximum atomic E-state index is 11.9. The predicted octanol–water partition coefficient (Wildman–Crippen LogP) is 1.44. The first-order chi connectivity index (χ1) is 9.47. The smallest absolute Gasteiger partial charge is 0.335 e. The molecule has 0 saturated heterocycles. The van der Waals surface area contributed by atoms with Crippen LogP contribution in [0.15, 0.2) is 24.3 Å². The molecule has 2 N–H and O–H groups in total. The highest BCUT2D eigenvalue weighted by atomic mass is 16.4. The summed E-state index contributed by atoms with van der Waals surface area (Å²) in [5, 5.41) is 18.9. The Morgan fingerprint density at radius 3 is 2.15 bits per heavy atom. The Morgan fingerprint density at radius 1 is 1.00 bits per heavy atom. The summed E-state index contributed by atoms with van der Waals surface area (Å²) in [7, 11) is 0. The summed E-state index contributed by atoms with van der Waals surface area (Å²) in [6.07, 6.45) is 0. The molecule has 7 heteroatoms. The van der Waals surface area contributed by atoms with Crippen molar-refractivity contribution in [3.8, 4) is 0 Å². The van der Waals surface area contributed by atoms with Crippen LogP contribution in [0, 0.1) is 13.8 Å². The largest absolute Gasteiger partial charge is 0.478 e. The van der Waals surface area contributed by atoms with Crippen molar-refractivity contribution in [2.24, 2.45) is 0 Å². The molecule has 20 heavy (non-hydrogen) atoms. The molecule has 1 aromatic carbocycles. The normalized spacial score (nSPS) is 10.1. The van der Waals surface area contributed by atoms with E-state index < -0.39 is 11.9 Å². The summed E-state index contributed by atoms with van der Waals surface area (Å²) < 4.78 is 0. The van der Waals surface area contributed by atoms with E-state index in [1.165, 1.54) is 24.3 Å². The zero-order chi connectivity index (χ0) is 14.7. The van der Waals surface area contributed by atoms with Crippen molar-refractivity contribution >= 4 is 17.8 Å². The second-order valence-corrected chi connectivity index (χ2v) is 4.14. The number of aromatic carboxylic acids is 1. The molecule has 0 bridgehead atoms. The minimum Gasteiger partial charge on any atom is -0.478 e. The number of nitrogens with one attached hydrogen (secondary N) is 1. The van der Waals surface area contributed by atoms with Gasteiger partial charge in [0, 0.05) is 5.56 Å². The van der Waals surface area contributed by atoms with Crippen LogP contribution in [0.1, 0.15) is 32.1 Å². The first kappa shape index (κ1) is 13.6. The Bertz CT molecular complexity index is 668. The van der Waals surface area contributed by atoms with E-state index in [2.05, 4.69) is 20.5 Å². The van der Waals surface area contributed by atoms with Crippen LogP contribution < -0.4 is 5.32 Å². The van der Waals surface area contributed by atoms with Gasteiger partial charge < -0.3 is 5.11 Å². The molecule has 1 heterocycles. The Kier molecular flexibility index (Phi) is 3.69. The standard InChI is InChI=1S/C13H12N4O3/c1-7-8(2)16-17-13(14-7)15-11(18)9-3-5-10(6-4-9)12(19)20/h3-6H,1-2H3,(H,19,20)(H,14,15,17,18). The van der Waals surface area contributed by atoms with Crippen LogP contribution in [0.25, 0.3) is 0 Å². The number of benzene rings is 1. The molecular weight excluding hydrogens is 260 g/mol. The van der Waals surface area contributed by atoms with E-state index in [9.17, 15) is 9.59 Å². The SMILES string of the molecule is Cc1nnc(NC(=O)c2ccc(C(=O)O)cc2)nc1C. The van der Waals surface area contributed by atoms with E-state index >= 15 is 0 Å². The number of carbonyl (C=O) groups excluding carboxylic acids is 1. The van der Waals surface area contributed by atoms with E-state index in [0.717, 1.165) is 0 Å². The van der Waals surface area contributed by atoms with Crippen molar-refractivity contribution in [3.63, 3.8) is 0 Å². The van der Waals surface area contributed by atoms with Gasteiger partial charge in [-0.1, -0.05) is 0 Å². The monoisotopic (exact) mass is 272 g/mol. The second kappa shape index (κ2) is 5.43. The number of hydrogen-bond acceptors (Lipinski definition) is 5. The molecule has 0 aliphatic carbocycles. The topological polar surface area (TPSA) is 105 Å². The van der Waals surface area contributed by atoms with Crippen molar-refractivity contribution in [2.75, 3.05) is 5.32 Å². The maximum Gasteiger partial charge on any atom is 0.335 e. The molecule has 1 aromatic heterocycles. The van der Waals surface area contributed by atoms with Gasteiger partial charge in [-0.05, 0) is 38.1 Å². The third kappa shape index (κ3) is 2.94. The Hall–Kier alpha value is -2.83. The highest BCUT2D eigenvalue weighted by molar-refractivity contribution is 6.03. The number of nitrogens with zero attached hydrogens (tertiary/aromatic N) is 3. The van der Waals surface area contributed by atoms with Crippen LogP contribution in [-0.2, 0) is 0 Å². The molecule has 102 valence electrons. The zero-order valence-corrected chi connectivity index (χ0v) is 10.9. The van der Waals surface area contributed by atoms with Crippen molar-refractivity contribution in [2.45, 2.75) is 13.8 Å². The van der Waals surface area contributed by atoms with Crippen LogP contribution in [0.3, 0.4) is 0 Å². The Balaban J connectivity index is 2.15. The van der Waals surface area contributed by atoms with Crippen molar-refractivity contribution in [3.05, 3.63) is 46.8 Å². The third-order valence-electron chi connectivity index (χ3n) is 2.71. The second-order valence-electron chi connectivity index (χ2n) is 4.14. The van der Waals surface area contributed by atoms with E-state index in [1.54, 1.807) is 13.8 Å². The molecule has 0 aliphatic rings. The molecule has 0 aliphatic heterocycles. The first-order valence-corrected chi connectivity index (χ1v) is 5.80. The average Bonchev–Trinajstić information content (AvgIpc) is 2.43. The highest BCUT2D eigenvalue weighted by Gasteiger charge is 2.10. The molecule has 1 amide bonds. The fraction of sp³-hybridized carbons (Fsp3) is 0.154. The first-order valence-electron chi connectivity index (χ1n) is 5.80. The summed E-state index contributed by atoms with van der Waals surface area (Å²) in [5.41, 5.74) is 1.80. The van der Waals surface area contributed by atoms with Gasteiger partial charge in [0.15, 0.2) is 0 Å². The van der Waals surface area contributed by atoms with Crippen LogP contribution in [0.5, 0.6) is 0 Å². The fourth-order valence-corrected chi connectivity index (χ4v) is 1.45. The molecule has 0 spiro atoms. The lowest BCUT2D eigenvalue weighted by molar-refractivity contribution is 0.0696. The van der Waals surface area contributed by atoms with Crippen LogP contribution in [0.2, 0.25) is 0 Å². The van der Waals surface area contributed by atoms with Crippen LogP contribution >= 0.6 is 0 Å². The molecular formula is C13H12N4O3. The number of anilines is 1. The summed E-state index contributed by atoms with van der Waals surface area (Å²) in [6.45, 7) is 3.53. The minimum absolute atomic E-state index is 0.111. The van der Waals surface area contributed by atoms with Gasteiger partial charge in [-0.3, -0.25) is 10.1 Å². The number of carbonyl (C=O) groups is 2. The lowest BCUT2D eigenvalue weighted by Crippen LogP contribution is -2.15. The summed E-state index contributed by atoms with van der Waals surface area (Å²) in [4.78, 5) is 26.7. The van der Waals surface area contributed by atoms with Crippen molar-refractivity contribution in [1.82, 2.24) is 15.2 Å². The number of rotatable bonds is 3. The highest BCUT2D eigenvalue weighted by Crippen LogP contribution is 2.08. The van der Waals surface area contributed by atoms with Gasteiger partial charge in [0.1, 0.15) is 0 Å². The van der Waals surface area contributed by atoms with Crippen molar-refractivity contribution in [1.29, 1.82) is 0 Å². The van der Waals surface area contributed by atoms with E-state index in [4.69, 9.17) is 5.11 Å². The molecule has 0 radical (unpaired) electrons. The van der Waals surface area contributed by atoms with Crippen LogP contribution in [0.4, 0.5) is 5.95 Å². The van der Waals surface area contributed by atoms with E-state index in [0.29, 0.717) is 17.0 Å². The molecule has 0 fully saturated rings. The molecule has 2 aromatic rings. The molecule has 0 saturated carbocycles. The minimum atomic E-state index is -1.04. The summed E-state index contributed by atoms with van der Waals surface area (Å²) >= 11 is 0. The number of amides is 1. The van der Waals surface area contributed by atoms with E-state index in [1.807, 2.05) is 0 Å². The number of carboxylic acids is 1. The maximum absolute atomic E-state index is 11.9. The molecule has 0 unspecified atom stereocenters. The molecule has 7 nitrogen and oxygen atoms in total. The van der Waals surface area contributed by atoms with Gasteiger partial charge in [-0.15, -0.1) is 5.10 Å². The van der Waals surface area contributed by atoms with Gasteiger partial charge in [0.05, 0.1) is 17.0 Å². The van der Waals surface area contributed by atoms with E-state index in [-0.39, 0.29) is 11.5 Å². The van der Waals surface area contributed by atoms with Crippen LogP contribution in [-0.4, -0.2) is 32.2 Å². The Labute approximate surface area is 114 Å². The fourth-order valence-electron chi connectivity index (χ4n) is 1.45. The zero-order valence-electron chi connectivity index (χ0n) is 10.9. The summed E-state index contributed by atoms with van der Waals surface area (Å²) in [5.74, 6) is -1.36. The number of hydrogen-bond donors (Lipinski definition) is 2. The number of aromatic nitrogens is 3. The Morgan fingerprint density at radius 2 is 1.60 bits per heavy atom. The van der Waals surface area contributed by atoms with Gasteiger partial charge in [0.25, 0.3) is 5.91 Å². The van der Waals surface area contributed by atoms with Gasteiger partial charge in [-0.25, -0.2) is 9.78 Å². The molecule has 0 atom stereocenters. The van der Waals surface area contributed by atoms with Gasteiger partial charge in [0.2, 0.25) is 5.95 Å². The summed E-state index contributed by atoms with van der Waals surface area (Å²) in [6, 6.07) is 5.56. The number of aryl methyl sites for hydroxylation is 2. The predicted molar refractivity (Wildman–Crippen MR) is 70.7 cm³/mol. The third-order valence-corrected chi connectivity index (χ3v) is 2.71. The van der Waals surface area contributed by atoms with Crippen molar-refractivity contribution < 1.29 is 14.7 Å². The number of carboxylic acid groups (broad SMARTS) is 1. The van der Waals surface area contributed by atoms with Gasteiger partial charge in [-0.2, -0.15) is 5.10 Å². The average molecular weight is 272 g/mol. The quantitative estimate of drug-likeness (QED) is 0.875. The van der Waals surface area contributed by atoms with Gasteiger partial charge >= 0.3 is 5.97 Å². The molecule has 2 rings (SSSR count).